The molecular weight excluding hydrogens is 211 g/mol. The van der Waals surface area contributed by atoms with Crippen LogP contribution in [-0.2, 0) is 0 Å². The zero-order valence-electron chi connectivity index (χ0n) is 8.53. The molecule has 1 aromatic rings. The topological polar surface area (TPSA) is 24.4 Å². The van der Waals surface area contributed by atoms with Crippen molar-refractivity contribution in [2.45, 2.75) is 19.4 Å². The fourth-order valence-electron chi connectivity index (χ4n) is 1.35. The van der Waals surface area contributed by atoms with Crippen LogP contribution in [0.1, 0.15) is 13.3 Å². The first kappa shape index (κ1) is 10.5. The van der Waals surface area contributed by atoms with Crippen molar-refractivity contribution in [2.24, 2.45) is 4.99 Å². The summed E-state index contributed by atoms with van der Waals surface area (Å²) in [6.07, 6.45) is 1.07. The van der Waals surface area contributed by atoms with Crippen molar-refractivity contribution in [3.05, 3.63) is 30.1 Å². The van der Waals surface area contributed by atoms with Gasteiger partial charge in [-0.05, 0) is 30.7 Å². The molecule has 0 aromatic heterocycles. The number of amidine groups is 1. The molecule has 1 atom stereocenters. The van der Waals surface area contributed by atoms with E-state index in [0.29, 0.717) is 6.04 Å². The summed E-state index contributed by atoms with van der Waals surface area (Å²) in [5.41, 5.74) is 0.888. The maximum atomic E-state index is 12.7. The van der Waals surface area contributed by atoms with E-state index in [1.807, 2.05) is 0 Å². The number of nitrogens with zero attached hydrogens (tertiary/aromatic N) is 1. The van der Waals surface area contributed by atoms with Gasteiger partial charge < -0.3 is 5.32 Å². The lowest BCUT2D eigenvalue weighted by atomic mass is 10.3. The van der Waals surface area contributed by atoms with Crippen LogP contribution in [0.5, 0.6) is 0 Å². The van der Waals surface area contributed by atoms with E-state index in [4.69, 9.17) is 0 Å². The molecule has 0 fully saturated rings. The molecule has 0 saturated heterocycles. The van der Waals surface area contributed by atoms with Crippen LogP contribution in [0.15, 0.2) is 29.3 Å². The molecular formula is C11H13FN2S. The molecule has 0 radical (unpaired) electrons. The number of halogens is 1. The fraction of sp³-hybridized carbons (Fsp3) is 0.364. The van der Waals surface area contributed by atoms with Crippen molar-refractivity contribution in [1.82, 2.24) is 0 Å². The number of hydrogen-bond donors (Lipinski definition) is 1. The summed E-state index contributed by atoms with van der Waals surface area (Å²) in [6, 6.07) is 6.76. The molecule has 1 aliphatic rings. The number of hydrogen-bond acceptors (Lipinski definition) is 3. The highest BCUT2D eigenvalue weighted by Gasteiger charge is 2.16. The van der Waals surface area contributed by atoms with Crippen molar-refractivity contribution in [3.63, 3.8) is 0 Å². The van der Waals surface area contributed by atoms with Crippen molar-refractivity contribution < 1.29 is 4.39 Å². The summed E-state index contributed by atoms with van der Waals surface area (Å²) in [5.74, 6) is 0.827. The van der Waals surface area contributed by atoms with Crippen molar-refractivity contribution in [2.75, 3.05) is 11.1 Å². The predicted octanol–water partition coefficient (Wildman–Crippen LogP) is 3.12. The van der Waals surface area contributed by atoms with E-state index in [-0.39, 0.29) is 5.82 Å². The van der Waals surface area contributed by atoms with Crippen LogP contribution in [-0.4, -0.2) is 17.0 Å². The number of nitrogens with one attached hydrogen (secondary N) is 1. The molecule has 1 N–H and O–H groups in total. The predicted molar refractivity (Wildman–Crippen MR) is 64.0 cm³/mol. The molecule has 2 nitrogen and oxygen atoms in total. The van der Waals surface area contributed by atoms with Gasteiger partial charge in [-0.25, -0.2) is 4.39 Å². The van der Waals surface area contributed by atoms with E-state index in [2.05, 4.69) is 17.2 Å². The third kappa shape index (κ3) is 2.72. The molecule has 2 rings (SSSR count). The van der Waals surface area contributed by atoms with E-state index in [0.717, 1.165) is 23.0 Å². The first-order valence-corrected chi connectivity index (χ1v) is 5.99. The van der Waals surface area contributed by atoms with Crippen LogP contribution < -0.4 is 5.32 Å². The molecule has 80 valence electrons. The van der Waals surface area contributed by atoms with Gasteiger partial charge in [0.15, 0.2) is 5.17 Å². The molecule has 15 heavy (non-hydrogen) atoms. The number of thioether (sulfide) groups is 1. The average Bonchev–Trinajstić information content (AvgIpc) is 2.69. The Morgan fingerprint density at radius 1 is 1.47 bits per heavy atom. The number of aliphatic imine (C=N–C) groups is 1. The Morgan fingerprint density at radius 3 is 2.80 bits per heavy atom. The molecule has 1 heterocycles. The van der Waals surface area contributed by atoms with Crippen LogP contribution in [0.2, 0.25) is 0 Å². The Balaban J connectivity index is 2.00. The Labute approximate surface area is 93.0 Å². The SMILES string of the molecule is CCC1CSC(Nc2ccc(F)cc2)=N1. The minimum atomic E-state index is -0.215. The molecule has 0 spiro atoms. The van der Waals surface area contributed by atoms with Gasteiger partial charge in [0, 0.05) is 11.4 Å². The molecule has 0 amide bonds. The zero-order valence-corrected chi connectivity index (χ0v) is 9.35. The van der Waals surface area contributed by atoms with E-state index >= 15 is 0 Å². The van der Waals surface area contributed by atoms with Gasteiger partial charge in [-0.3, -0.25) is 4.99 Å². The lowest BCUT2D eigenvalue weighted by molar-refractivity contribution is 0.628. The molecule has 0 aliphatic carbocycles. The monoisotopic (exact) mass is 224 g/mol. The zero-order chi connectivity index (χ0) is 10.7. The molecule has 0 saturated carbocycles. The van der Waals surface area contributed by atoms with E-state index in [1.165, 1.54) is 12.1 Å². The summed E-state index contributed by atoms with van der Waals surface area (Å²) in [6.45, 7) is 2.13. The Hall–Kier alpha value is -1.03. The summed E-state index contributed by atoms with van der Waals surface area (Å²) >= 11 is 1.72. The third-order valence-corrected chi connectivity index (χ3v) is 3.31. The molecule has 1 aliphatic heterocycles. The standard InChI is InChI=1S/C11H13FN2S/c1-2-9-7-15-11(13-9)14-10-5-3-8(12)4-6-10/h3-6,9H,2,7H2,1H3,(H,13,14). The van der Waals surface area contributed by atoms with Gasteiger partial charge in [0.2, 0.25) is 0 Å². The van der Waals surface area contributed by atoms with E-state index < -0.39 is 0 Å². The van der Waals surface area contributed by atoms with Gasteiger partial charge in [-0.1, -0.05) is 18.7 Å². The summed E-state index contributed by atoms with van der Waals surface area (Å²) < 4.78 is 12.7. The summed E-state index contributed by atoms with van der Waals surface area (Å²) in [4.78, 5) is 4.50. The minimum absolute atomic E-state index is 0.215. The maximum absolute atomic E-state index is 12.7. The lowest BCUT2D eigenvalue weighted by Gasteiger charge is -2.03. The van der Waals surface area contributed by atoms with Crippen LogP contribution in [0.25, 0.3) is 0 Å². The van der Waals surface area contributed by atoms with Gasteiger partial charge in [0.25, 0.3) is 0 Å². The summed E-state index contributed by atoms with van der Waals surface area (Å²) in [5, 5.41) is 4.12. The Kier molecular flexibility index (Phi) is 3.26. The number of benzene rings is 1. The molecule has 4 heteroatoms. The van der Waals surface area contributed by atoms with E-state index in [9.17, 15) is 4.39 Å². The van der Waals surface area contributed by atoms with Gasteiger partial charge in [-0.15, -0.1) is 0 Å². The third-order valence-electron chi connectivity index (χ3n) is 2.28. The quantitative estimate of drug-likeness (QED) is 0.834. The number of anilines is 1. The largest absolute Gasteiger partial charge is 0.335 e. The van der Waals surface area contributed by atoms with E-state index in [1.54, 1.807) is 23.9 Å². The first-order valence-electron chi connectivity index (χ1n) is 5.01. The smallest absolute Gasteiger partial charge is 0.161 e. The van der Waals surface area contributed by atoms with Gasteiger partial charge in [-0.2, -0.15) is 0 Å². The lowest BCUT2D eigenvalue weighted by Crippen LogP contribution is -2.05. The Bertz CT molecular complexity index is 361. The molecule has 1 unspecified atom stereocenters. The van der Waals surface area contributed by atoms with Crippen LogP contribution in [0.3, 0.4) is 0 Å². The van der Waals surface area contributed by atoms with Crippen molar-refractivity contribution in [1.29, 1.82) is 0 Å². The second-order valence-electron chi connectivity index (χ2n) is 3.44. The van der Waals surface area contributed by atoms with Crippen molar-refractivity contribution in [3.8, 4) is 0 Å². The van der Waals surface area contributed by atoms with Crippen LogP contribution in [0, 0.1) is 5.82 Å². The number of rotatable bonds is 2. The Morgan fingerprint density at radius 2 is 2.20 bits per heavy atom. The van der Waals surface area contributed by atoms with Gasteiger partial charge >= 0.3 is 0 Å². The van der Waals surface area contributed by atoms with Crippen molar-refractivity contribution >= 4 is 22.6 Å². The minimum Gasteiger partial charge on any atom is -0.335 e. The fourth-order valence-corrected chi connectivity index (χ4v) is 2.42. The first-order chi connectivity index (χ1) is 7.28. The highest BCUT2D eigenvalue weighted by atomic mass is 32.2. The molecule has 1 aromatic carbocycles. The highest BCUT2D eigenvalue weighted by Crippen LogP contribution is 2.21. The van der Waals surface area contributed by atoms with Crippen LogP contribution in [0.4, 0.5) is 10.1 Å². The van der Waals surface area contributed by atoms with Gasteiger partial charge in [0.05, 0.1) is 6.04 Å². The molecule has 0 bridgehead atoms. The highest BCUT2D eigenvalue weighted by molar-refractivity contribution is 8.14. The van der Waals surface area contributed by atoms with Crippen LogP contribution >= 0.6 is 11.8 Å². The second kappa shape index (κ2) is 4.66. The maximum Gasteiger partial charge on any atom is 0.161 e. The average molecular weight is 224 g/mol. The normalized spacial score (nSPS) is 20.1. The van der Waals surface area contributed by atoms with Gasteiger partial charge in [0.1, 0.15) is 5.82 Å². The summed E-state index contributed by atoms with van der Waals surface area (Å²) in [7, 11) is 0. The second-order valence-corrected chi connectivity index (χ2v) is 4.45.